The van der Waals surface area contributed by atoms with E-state index in [2.05, 4.69) is 43.0 Å². The van der Waals surface area contributed by atoms with Crippen LogP contribution in [0.2, 0.25) is 0 Å². The van der Waals surface area contributed by atoms with Crippen LogP contribution in [0.5, 0.6) is 0 Å². The van der Waals surface area contributed by atoms with Crippen molar-refractivity contribution >= 4 is 0 Å². The molecule has 18 heavy (non-hydrogen) atoms. The summed E-state index contributed by atoms with van der Waals surface area (Å²) in [4.78, 5) is 2.61. The second-order valence-electron chi connectivity index (χ2n) is 6.27. The highest BCUT2D eigenvalue weighted by Crippen LogP contribution is 2.28. The van der Waals surface area contributed by atoms with Gasteiger partial charge >= 0.3 is 0 Å². The smallest absolute Gasteiger partial charge is 0.0180 e. The molecule has 1 heterocycles. The fourth-order valence-corrected chi connectivity index (χ4v) is 3.01. The molecule has 100 valence electrons. The summed E-state index contributed by atoms with van der Waals surface area (Å²) >= 11 is 0. The van der Waals surface area contributed by atoms with E-state index in [-0.39, 0.29) is 0 Å². The van der Waals surface area contributed by atoms with E-state index in [1.165, 1.54) is 43.6 Å². The standard InChI is InChI=1S/C16H26N2/c1-16(2)9-5-10-18(13-16)11-8-14-6-3-4-7-15(14)12-17/h3-4,6-7H,5,8-13,17H2,1-2H3. The average Bonchev–Trinajstić information content (AvgIpc) is 2.35. The van der Waals surface area contributed by atoms with Crippen LogP contribution >= 0.6 is 0 Å². The molecule has 0 aliphatic carbocycles. The molecule has 0 radical (unpaired) electrons. The first-order valence-corrected chi connectivity index (χ1v) is 7.10. The van der Waals surface area contributed by atoms with Crippen molar-refractivity contribution in [2.24, 2.45) is 11.1 Å². The predicted molar refractivity (Wildman–Crippen MR) is 77.5 cm³/mol. The molecule has 0 saturated carbocycles. The number of rotatable bonds is 4. The molecule has 0 amide bonds. The van der Waals surface area contributed by atoms with E-state index in [1.54, 1.807) is 0 Å². The minimum Gasteiger partial charge on any atom is -0.326 e. The molecule has 0 spiro atoms. The van der Waals surface area contributed by atoms with Gasteiger partial charge in [0.2, 0.25) is 0 Å². The number of nitrogens with two attached hydrogens (primary N) is 1. The van der Waals surface area contributed by atoms with Gasteiger partial charge in [0.1, 0.15) is 0 Å². The topological polar surface area (TPSA) is 29.3 Å². The molecule has 2 nitrogen and oxygen atoms in total. The number of benzene rings is 1. The summed E-state index contributed by atoms with van der Waals surface area (Å²) in [6, 6.07) is 8.57. The molecule has 2 N–H and O–H groups in total. The van der Waals surface area contributed by atoms with Crippen LogP contribution in [0.1, 0.15) is 37.8 Å². The molecule has 1 aromatic carbocycles. The minimum atomic E-state index is 0.492. The zero-order valence-corrected chi connectivity index (χ0v) is 11.8. The Hall–Kier alpha value is -0.860. The quantitative estimate of drug-likeness (QED) is 0.885. The van der Waals surface area contributed by atoms with Crippen molar-refractivity contribution in [2.75, 3.05) is 19.6 Å². The average molecular weight is 246 g/mol. The predicted octanol–water partition coefficient (Wildman–Crippen LogP) is 2.81. The molecular formula is C16H26N2. The number of hydrogen-bond acceptors (Lipinski definition) is 2. The fraction of sp³-hybridized carbons (Fsp3) is 0.625. The largest absolute Gasteiger partial charge is 0.326 e. The van der Waals surface area contributed by atoms with Gasteiger partial charge in [0.15, 0.2) is 0 Å². The van der Waals surface area contributed by atoms with E-state index in [1.807, 2.05) is 0 Å². The van der Waals surface area contributed by atoms with E-state index in [4.69, 9.17) is 5.73 Å². The summed E-state index contributed by atoms with van der Waals surface area (Å²) in [5.74, 6) is 0. The van der Waals surface area contributed by atoms with Gasteiger partial charge in [-0.05, 0) is 42.3 Å². The summed E-state index contributed by atoms with van der Waals surface area (Å²) in [5.41, 5.74) is 9.00. The van der Waals surface area contributed by atoms with Gasteiger partial charge in [-0.3, -0.25) is 0 Å². The third-order valence-electron chi connectivity index (χ3n) is 4.02. The van der Waals surface area contributed by atoms with Crippen LogP contribution in [0.4, 0.5) is 0 Å². The third-order valence-corrected chi connectivity index (χ3v) is 4.02. The fourth-order valence-electron chi connectivity index (χ4n) is 3.01. The lowest BCUT2D eigenvalue weighted by molar-refractivity contribution is 0.119. The van der Waals surface area contributed by atoms with Crippen molar-refractivity contribution in [3.8, 4) is 0 Å². The van der Waals surface area contributed by atoms with Gasteiger partial charge in [-0.2, -0.15) is 0 Å². The molecule has 1 fully saturated rings. The van der Waals surface area contributed by atoms with Crippen LogP contribution in [-0.2, 0) is 13.0 Å². The summed E-state index contributed by atoms with van der Waals surface area (Å²) in [6.45, 7) is 9.08. The highest BCUT2D eigenvalue weighted by atomic mass is 15.1. The number of nitrogens with zero attached hydrogens (tertiary/aromatic N) is 1. The monoisotopic (exact) mass is 246 g/mol. The van der Waals surface area contributed by atoms with Crippen molar-refractivity contribution in [3.05, 3.63) is 35.4 Å². The minimum absolute atomic E-state index is 0.492. The van der Waals surface area contributed by atoms with Gasteiger partial charge in [-0.25, -0.2) is 0 Å². The Morgan fingerprint density at radius 3 is 2.61 bits per heavy atom. The summed E-state index contributed by atoms with van der Waals surface area (Å²) in [5, 5.41) is 0. The van der Waals surface area contributed by atoms with Crippen molar-refractivity contribution < 1.29 is 0 Å². The molecule has 0 atom stereocenters. The lowest BCUT2D eigenvalue weighted by atomic mass is 9.84. The molecule has 0 aromatic heterocycles. The SMILES string of the molecule is CC1(C)CCCN(CCc2ccccc2CN)C1. The molecule has 1 aliphatic rings. The van der Waals surface area contributed by atoms with Crippen LogP contribution < -0.4 is 5.73 Å². The van der Waals surface area contributed by atoms with E-state index in [0.29, 0.717) is 12.0 Å². The first-order valence-electron chi connectivity index (χ1n) is 7.10. The molecule has 2 rings (SSSR count). The first kappa shape index (κ1) is 13.6. The summed E-state index contributed by atoms with van der Waals surface area (Å²) in [6.07, 6.45) is 3.83. The number of likely N-dealkylation sites (tertiary alicyclic amines) is 1. The maximum atomic E-state index is 5.79. The van der Waals surface area contributed by atoms with Crippen LogP contribution in [0, 0.1) is 5.41 Å². The first-order chi connectivity index (χ1) is 8.61. The van der Waals surface area contributed by atoms with Crippen LogP contribution in [0.3, 0.4) is 0 Å². The zero-order valence-electron chi connectivity index (χ0n) is 11.8. The van der Waals surface area contributed by atoms with Gasteiger partial charge in [0.25, 0.3) is 0 Å². The van der Waals surface area contributed by atoms with Crippen LogP contribution in [0.25, 0.3) is 0 Å². The molecule has 0 bridgehead atoms. The Bertz CT molecular complexity index is 384. The van der Waals surface area contributed by atoms with Crippen molar-refractivity contribution in [2.45, 2.75) is 39.7 Å². The van der Waals surface area contributed by atoms with Gasteiger partial charge in [0, 0.05) is 19.6 Å². The maximum absolute atomic E-state index is 5.79. The third kappa shape index (κ3) is 3.56. The Balaban J connectivity index is 1.91. The molecule has 1 aliphatic heterocycles. The second kappa shape index (κ2) is 5.85. The Morgan fingerprint density at radius 1 is 1.22 bits per heavy atom. The lowest BCUT2D eigenvalue weighted by Crippen LogP contribution is -2.41. The summed E-state index contributed by atoms with van der Waals surface area (Å²) in [7, 11) is 0. The van der Waals surface area contributed by atoms with Gasteiger partial charge in [-0.1, -0.05) is 38.1 Å². The molecule has 1 saturated heterocycles. The van der Waals surface area contributed by atoms with Gasteiger partial charge in [0.05, 0.1) is 0 Å². The molecule has 2 heteroatoms. The lowest BCUT2D eigenvalue weighted by Gasteiger charge is -2.38. The van der Waals surface area contributed by atoms with Crippen LogP contribution in [-0.4, -0.2) is 24.5 Å². The summed E-state index contributed by atoms with van der Waals surface area (Å²) < 4.78 is 0. The van der Waals surface area contributed by atoms with Gasteiger partial charge in [-0.15, -0.1) is 0 Å². The van der Waals surface area contributed by atoms with Crippen molar-refractivity contribution in [1.29, 1.82) is 0 Å². The van der Waals surface area contributed by atoms with E-state index >= 15 is 0 Å². The van der Waals surface area contributed by atoms with Crippen LogP contribution in [0.15, 0.2) is 24.3 Å². The van der Waals surface area contributed by atoms with Gasteiger partial charge < -0.3 is 10.6 Å². The molecular weight excluding hydrogens is 220 g/mol. The maximum Gasteiger partial charge on any atom is 0.0180 e. The number of hydrogen-bond donors (Lipinski definition) is 1. The highest BCUT2D eigenvalue weighted by Gasteiger charge is 2.25. The van der Waals surface area contributed by atoms with Crippen molar-refractivity contribution in [3.63, 3.8) is 0 Å². The normalized spacial score (nSPS) is 19.9. The van der Waals surface area contributed by atoms with E-state index in [9.17, 15) is 0 Å². The molecule has 1 aromatic rings. The second-order valence-corrected chi connectivity index (χ2v) is 6.27. The zero-order chi connectivity index (χ0) is 13.0. The highest BCUT2D eigenvalue weighted by molar-refractivity contribution is 5.27. The Morgan fingerprint density at radius 2 is 1.94 bits per heavy atom. The Kier molecular flexibility index (Phi) is 4.41. The number of piperidine rings is 1. The van der Waals surface area contributed by atoms with E-state index < -0.39 is 0 Å². The van der Waals surface area contributed by atoms with E-state index in [0.717, 1.165) is 6.42 Å². The molecule has 0 unspecified atom stereocenters. The Labute approximate surface area is 111 Å². The van der Waals surface area contributed by atoms with Crippen molar-refractivity contribution in [1.82, 2.24) is 4.90 Å².